The molecule has 1 aliphatic carbocycles. The van der Waals surface area contributed by atoms with Gasteiger partial charge in [-0.15, -0.1) is 0 Å². The van der Waals surface area contributed by atoms with E-state index in [0.29, 0.717) is 32.4 Å². The smallest absolute Gasteiger partial charge is 0.231 e. The maximum absolute atomic E-state index is 6.06. The summed E-state index contributed by atoms with van der Waals surface area (Å²) in [6, 6.07) is 3.86. The van der Waals surface area contributed by atoms with Gasteiger partial charge in [-0.05, 0) is 42.9 Å². The molecular weight excluding hydrogens is 352 g/mol. The van der Waals surface area contributed by atoms with E-state index in [1.54, 1.807) is 24.5 Å². The lowest BCUT2D eigenvalue weighted by atomic mass is 10.3. The van der Waals surface area contributed by atoms with Gasteiger partial charge in [0.15, 0.2) is 10.3 Å². The van der Waals surface area contributed by atoms with E-state index in [2.05, 4.69) is 30.6 Å². The minimum Gasteiger partial charge on any atom is -0.360 e. The Balaban J connectivity index is 1.66. The number of aromatic nitrogens is 4. The lowest BCUT2D eigenvalue weighted by Crippen LogP contribution is -2.36. The molecule has 23 heavy (non-hydrogen) atoms. The summed E-state index contributed by atoms with van der Waals surface area (Å²) < 4.78 is 0. The summed E-state index contributed by atoms with van der Waals surface area (Å²) in [5, 5.41) is 8.39. The SMILES string of the molecule is S=C(Nc1nc(Cl)cc(Sc2ncccn2)n1)NC1CCCC1. The number of rotatable bonds is 4. The number of nitrogens with one attached hydrogen (secondary N) is 2. The second-order valence-electron chi connectivity index (χ2n) is 5.07. The van der Waals surface area contributed by atoms with Crippen LogP contribution in [0, 0.1) is 0 Å². The van der Waals surface area contributed by atoms with Crippen LogP contribution in [-0.2, 0) is 0 Å². The highest BCUT2D eigenvalue weighted by Gasteiger charge is 2.16. The Morgan fingerprint density at radius 2 is 1.96 bits per heavy atom. The summed E-state index contributed by atoms with van der Waals surface area (Å²) in [4.78, 5) is 16.8. The molecule has 0 atom stereocenters. The molecule has 0 aliphatic heterocycles. The van der Waals surface area contributed by atoms with Crippen molar-refractivity contribution in [2.45, 2.75) is 41.9 Å². The molecule has 0 bridgehead atoms. The third-order valence-electron chi connectivity index (χ3n) is 3.33. The van der Waals surface area contributed by atoms with Gasteiger partial charge in [0, 0.05) is 24.5 Å². The molecule has 6 nitrogen and oxygen atoms in total. The molecule has 3 rings (SSSR count). The summed E-state index contributed by atoms with van der Waals surface area (Å²) in [7, 11) is 0. The van der Waals surface area contributed by atoms with Crippen molar-refractivity contribution in [2.24, 2.45) is 0 Å². The van der Waals surface area contributed by atoms with E-state index in [1.165, 1.54) is 24.6 Å². The van der Waals surface area contributed by atoms with Gasteiger partial charge in [-0.3, -0.25) is 0 Å². The molecule has 120 valence electrons. The Bertz CT molecular complexity index is 678. The second-order valence-corrected chi connectivity index (χ2v) is 6.85. The topological polar surface area (TPSA) is 75.6 Å². The summed E-state index contributed by atoms with van der Waals surface area (Å²) >= 11 is 12.7. The van der Waals surface area contributed by atoms with Crippen LogP contribution in [-0.4, -0.2) is 31.1 Å². The summed E-state index contributed by atoms with van der Waals surface area (Å²) in [5.41, 5.74) is 0. The Morgan fingerprint density at radius 3 is 2.70 bits per heavy atom. The van der Waals surface area contributed by atoms with Gasteiger partial charge in [0.1, 0.15) is 10.2 Å². The van der Waals surface area contributed by atoms with Crippen molar-refractivity contribution in [1.29, 1.82) is 0 Å². The van der Waals surface area contributed by atoms with Crippen molar-refractivity contribution in [1.82, 2.24) is 25.3 Å². The molecule has 2 aromatic heterocycles. The lowest BCUT2D eigenvalue weighted by molar-refractivity contribution is 0.634. The molecule has 2 N–H and O–H groups in total. The van der Waals surface area contributed by atoms with E-state index < -0.39 is 0 Å². The molecule has 2 aromatic rings. The van der Waals surface area contributed by atoms with Crippen molar-refractivity contribution >= 4 is 46.6 Å². The summed E-state index contributed by atoms with van der Waals surface area (Å²) in [5.74, 6) is 0.367. The van der Waals surface area contributed by atoms with Gasteiger partial charge in [0.05, 0.1) is 0 Å². The molecule has 1 aliphatic rings. The minimum absolute atomic E-state index is 0.338. The number of anilines is 1. The highest BCUT2D eigenvalue weighted by Crippen LogP contribution is 2.25. The van der Waals surface area contributed by atoms with Crippen molar-refractivity contribution in [2.75, 3.05) is 5.32 Å². The molecule has 0 amide bonds. The fourth-order valence-corrected chi connectivity index (χ4v) is 3.55. The highest BCUT2D eigenvalue weighted by molar-refractivity contribution is 7.99. The average Bonchev–Trinajstić information content (AvgIpc) is 3.00. The first-order valence-corrected chi connectivity index (χ1v) is 8.86. The molecule has 0 aromatic carbocycles. The van der Waals surface area contributed by atoms with Crippen LogP contribution in [0.4, 0.5) is 5.95 Å². The average molecular weight is 367 g/mol. The molecule has 1 fully saturated rings. The first kappa shape index (κ1) is 16.4. The van der Waals surface area contributed by atoms with Crippen molar-refractivity contribution in [3.63, 3.8) is 0 Å². The van der Waals surface area contributed by atoms with E-state index in [0.717, 1.165) is 12.8 Å². The number of thiocarbonyl (C=S) groups is 1. The molecule has 0 unspecified atom stereocenters. The molecule has 9 heteroatoms. The van der Waals surface area contributed by atoms with E-state index in [9.17, 15) is 0 Å². The van der Waals surface area contributed by atoms with Crippen LogP contribution >= 0.6 is 35.6 Å². The Kier molecular flexibility index (Phi) is 5.58. The van der Waals surface area contributed by atoms with Crippen LogP contribution < -0.4 is 10.6 Å². The third kappa shape index (κ3) is 4.98. The van der Waals surface area contributed by atoms with Gasteiger partial charge >= 0.3 is 0 Å². The van der Waals surface area contributed by atoms with Gasteiger partial charge in [-0.2, -0.15) is 0 Å². The van der Waals surface area contributed by atoms with Gasteiger partial charge < -0.3 is 10.6 Å². The Hall–Kier alpha value is -1.51. The second kappa shape index (κ2) is 7.85. The van der Waals surface area contributed by atoms with Gasteiger partial charge in [-0.1, -0.05) is 24.4 Å². The predicted octanol–water partition coefficient (Wildman–Crippen LogP) is 3.30. The quantitative estimate of drug-likeness (QED) is 0.485. The zero-order valence-corrected chi connectivity index (χ0v) is 14.6. The Morgan fingerprint density at radius 1 is 1.22 bits per heavy atom. The standard InChI is InChI=1S/C14H15ClN6S2/c15-10-8-11(23-14-16-6-3-7-17-14)20-12(19-10)21-13(22)18-9-4-1-2-5-9/h3,6-9H,1-2,4-5H2,(H2,18,19,20,21,22). The lowest BCUT2D eigenvalue weighted by Gasteiger charge is -2.15. The number of hydrogen-bond acceptors (Lipinski definition) is 6. The van der Waals surface area contributed by atoms with E-state index in [4.69, 9.17) is 23.8 Å². The van der Waals surface area contributed by atoms with Crippen LogP contribution in [0.1, 0.15) is 25.7 Å². The highest BCUT2D eigenvalue weighted by atomic mass is 35.5. The summed E-state index contributed by atoms with van der Waals surface area (Å²) in [6.07, 6.45) is 8.13. The van der Waals surface area contributed by atoms with E-state index in [1.807, 2.05) is 0 Å². The maximum atomic E-state index is 6.06. The fourth-order valence-electron chi connectivity index (χ4n) is 2.33. The molecule has 1 saturated carbocycles. The van der Waals surface area contributed by atoms with Crippen LogP contribution in [0.2, 0.25) is 5.15 Å². The predicted molar refractivity (Wildman–Crippen MR) is 94.8 cm³/mol. The first-order valence-electron chi connectivity index (χ1n) is 7.26. The molecule has 0 radical (unpaired) electrons. The van der Waals surface area contributed by atoms with Crippen LogP contribution in [0.5, 0.6) is 0 Å². The van der Waals surface area contributed by atoms with E-state index >= 15 is 0 Å². The van der Waals surface area contributed by atoms with Crippen LogP contribution in [0.25, 0.3) is 0 Å². The van der Waals surface area contributed by atoms with Crippen molar-refractivity contribution in [3.8, 4) is 0 Å². The molecule has 0 saturated heterocycles. The van der Waals surface area contributed by atoms with Gasteiger partial charge in [0.2, 0.25) is 5.95 Å². The fraction of sp³-hybridized carbons (Fsp3) is 0.357. The zero-order chi connectivity index (χ0) is 16.1. The van der Waals surface area contributed by atoms with E-state index in [-0.39, 0.29) is 0 Å². The molecule has 2 heterocycles. The third-order valence-corrected chi connectivity index (χ3v) is 4.55. The largest absolute Gasteiger partial charge is 0.360 e. The molecule has 0 spiro atoms. The van der Waals surface area contributed by atoms with Gasteiger partial charge in [0.25, 0.3) is 0 Å². The zero-order valence-electron chi connectivity index (χ0n) is 12.2. The summed E-state index contributed by atoms with van der Waals surface area (Å²) in [6.45, 7) is 0. The first-order chi connectivity index (χ1) is 11.2. The van der Waals surface area contributed by atoms with Crippen LogP contribution in [0.15, 0.2) is 34.7 Å². The van der Waals surface area contributed by atoms with Crippen molar-refractivity contribution < 1.29 is 0 Å². The van der Waals surface area contributed by atoms with Crippen molar-refractivity contribution in [3.05, 3.63) is 29.7 Å². The number of nitrogens with zero attached hydrogens (tertiary/aromatic N) is 4. The number of halogens is 1. The number of hydrogen-bond donors (Lipinski definition) is 2. The monoisotopic (exact) mass is 366 g/mol. The van der Waals surface area contributed by atoms with Crippen LogP contribution in [0.3, 0.4) is 0 Å². The normalized spacial score (nSPS) is 14.7. The molecular formula is C14H15ClN6S2. The minimum atomic E-state index is 0.338. The Labute approximate surface area is 148 Å². The van der Waals surface area contributed by atoms with Gasteiger partial charge in [-0.25, -0.2) is 19.9 Å². The maximum Gasteiger partial charge on any atom is 0.231 e.